The zero-order valence-electron chi connectivity index (χ0n) is 17.4. The van der Waals surface area contributed by atoms with Crippen molar-refractivity contribution in [2.24, 2.45) is 5.41 Å². The van der Waals surface area contributed by atoms with Crippen molar-refractivity contribution >= 4 is 22.5 Å². The number of hydrogen-bond donors (Lipinski definition) is 3. The van der Waals surface area contributed by atoms with E-state index in [-0.39, 0.29) is 12.5 Å². The minimum atomic E-state index is 0.0981. The second-order valence-electron chi connectivity index (χ2n) is 8.98. The lowest BCUT2D eigenvalue weighted by Crippen LogP contribution is -2.52. The normalized spacial score (nSPS) is 18.7. The standard InChI is InChI=1S/C23H29N5O2/c1-16-11-17-3-2-4-20(21(17)25-16)22(30)27-7-5-23(6-8-27)12-18(13-23)26-19-14-24-28(15-19)9-10-29/h2-4,11,14-15,18,25-26,29H,5-10,12-13H2,1H3. The first kappa shape index (κ1) is 19.2. The van der Waals surface area contributed by atoms with Crippen LogP contribution in [-0.2, 0) is 6.54 Å². The predicted octanol–water partition coefficient (Wildman–Crippen LogP) is 3.16. The molecule has 3 heterocycles. The van der Waals surface area contributed by atoms with Crippen LogP contribution in [0.2, 0.25) is 0 Å². The Morgan fingerprint density at radius 2 is 2.13 bits per heavy atom. The van der Waals surface area contributed by atoms with Gasteiger partial charge < -0.3 is 20.3 Å². The lowest BCUT2D eigenvalue weighted by molar-refractivity contribution is 0.0220. The quantitative estimate of drug-likeness (QED) is 0.606. The minimum Gasteiger partial charge on any atom is -0.394 e. The molecule has 2 fully saturated rings. The van der Waals surface area contributed by atoms with Gasteiger partial charge in [-0.1, -0.05) is 12.1 Å². The van der Waals surface area contributed by atoms with Crippen LogP contribution >= 0.6 is 0 Å². The van der Waals surface area contributed by atoms with Gasteiger partial charge in [-0.15, -0.1) is 0 Å². The molecule has 2 aromatic heterocycles. The summed E-state index contributed by atoms with van der Waals surface area (Å²) < 4.78 is 1.76. The van der Waals surface area contributed by atoms with Gasteiger partial charge in [-0.2, -0.15) is 5.10 Å². The number of aryl methyl sites for hydroxylation is 1. The zero-order chi connectivity index (χ0) is 20.7. The molecule has 0 bridgehead atoms. The van der Waals surface area contributed by atoms with Gasteiger partial charge in [-0.3, -0.25) is 9.48 Å². The van der Waals surface area contributed by atoms with E-state index in [0.29, 0.717) is 18.0 Å². The van der Waals surface area contributed by atoms with Gasteiger partial charge in [-0.25, -0.2) is 0 Å². The molecule has 2 aliphatic rings. The summed E-state index contributed by atoms with van der Waals surface area (Å²) in [6, 6.07) is 8.52. The van der Waals surface area contributed by atoms with Crippen LogP contribution in [-0.4, -0.2) is 56.4 Å². The van der Waals surface area contributed by atoms with Crippen LogP contribution in [0, 0.1) is 12.3 Å². The fourth-order valence-corrected chi connectivity index (χ4v) is 5.22. The van der Waals surface area contributed by atoms with Crippen molar-refractivity contribution in [2.45, 2.75) is 45.2 Å². The molecular weight excluding hydrogens is 378 g/mol. The van der Waals surface area contributed by atoms with Crippen LogP contribution in [0.4, 0.5) is 5.69 Å². The number of carbonyl (C=O) groups excluding carboxylic acids is 1. The number of amides is 1. The summed E-state index contributed by atoms with van der Waals surface area (Å²) in [7, 11) is 0. The van der Waals surface area contributed by atoms with Crippen LogP contribution < -0.4 is 5.32 Å². The number of H-pyrrole nitrogens is 1. The van der Waals surface area contributed by atoms with Gasteiger partial charge in [0, 0.05) is 36.4 Å². The number of rotatable bonds is 5. The number of anilines is 1. The Balaban J connectivity index is 1.17. The SMILES string of the molecule is Cc1cc2cccc(C(=O)N3CCC4(CC3)CC(Nc3cnn(CCO)c3)C4)c2[nH]1. The maximum Gasteiger partial charge on any atom is 0.255 e. The molecule has 0 unspecified atom stereocenters. The summed E-state index contributed by atoms with van der Waals surface area (Å²) in [6.07, 6.45) is 8.20. The van der Waals surface area contributed by atoms with Gasteiger partial charge in [0.25, 0.3) is 5.91 Å². The summed E-state index contributed by atoms with van der Waals surface area (Å²) in [5.41, 5.74) is 4.20. The Morgan fingerprint density at radius 3 is 2.90 bits per heavy atom. The average Bonchev–Trinajstić information content (AvgIpc) is 3.32. The van der Waals surface area contributed by atoms with E-state index >= 15 is 0 Å². The highest BCUT2D eigenvalue weighted by atomic mass is 16.3. The molecule has 1 aliphatic carbocycles. The molecule has 3 N–H and O–H groups in total. The molecule has 0 atom stereocenters. The number of fused-ring (bicyclic) bond motifs is 1. The second kappa shape index (κ2) is 7.47. The largest absolute Gasteiger partial charge is 0.394 e. The number of benzene rings is 1. The summed E-state index contributed by atoms with van der Waals surface area (Å²) in [6.45, 7) is 4.31. The first-order chi connectivity index (χ1) is 14.5. The number of nitrogens with zero attached hydrogens (tertiary/aromatic N) is 3. The van der Waals surface area contributed by atoms with E-state index in [2.05, 4.69) is 27.5 Å². The number of nitrogens with one attached hydrogen (secondary N) is 2. The average molecular weight is 408 g/mol. The summed E-state index contributed by atoms with van der Waals surface area (Å²) in [5.74, 6) is 0.141. The molecule has 5 rings (SSSR count). The van der Waals surface area contributed by atoms with Gasteiger partial charge in [-0.05, 0) is 50.2 Å². The highest BCUT2D eigenvalue weighted by molar-refractivity contribution is 6.05. The van der Waals surface area contributed by atoms with E-state index in [4.69, 9.17) is 5.11 Å². The topological polar surface area (TPSA) is 86.2 Å². The van der Waals surface area contributed by atoms with Crippen LogP contribution in [0.25, 0.3) is 10.9 Å². The molecule has 1 saturated carbocycles. The van der Waals surface area contributed by atoms with Crippen LogP contribution in [0.15, 0.2) is 36.7 Å². The van der Waals surface area contributed by atoms with E-state index < -0.39 is 0 Å². The monoisotopic (exact) mass is 407 g/mol. The molecule has 158 valence electrons. The number of aromatic nitrogens is 3. The molecule has 1 amide bonds. The molecule has 30 heavy (non-hydrogen) atoms. The molecule has 0 radical (unpaired) electrons. The molecule has 1 spiro atoms. The number of aromatic amines is 1. The van der Waals surface area contributed by atoms with Gasteiger partial charge in [0.1, 0.15) is 0 Å². The number of carbonyl (C=O) groups is 1. The molecule has 7 heteroatoms. The fraction of sp³-hybridized carbons (Fsp3) is 0.478. The van der Waals surface area contributed by atoms with Crippen molar-refractivity contribution < 1.29 is 9.90 Å². The number of para-hydroxylation sites is 1. The number of piperidine rings is 1. The predicted molar refractivity (Wildman–Crippen MR) is 117 cm³/mol. The van der Waals surface area contributed by atoms with Gasteiger partial charge >= 0.3 is 0 Å². The Labute approximate surface area is 176 Å². The van der Waals surface area contributed by atoms with E-state index in [1.165, 1.54) is 0 Å². The van der Waals surface area contributed by atoms with E-state index in [1.54, 1.807) is 4.68 Å². The summed E-state index contributed by atoms with van der Waals surface area (Å²) in [4.78, 5) is 18.5. The molecule has 3 aromatic rings. The van der Waals surface area contributed by atoms with Crippen molar-refractivity contribution in [1.82, 2.24) is 19.7 Å². The Hall–Kier alpha value is -2.80. The first-order valence-corrected chi connectivity index (χ1v) is 10.8. The number of hydrogen-bond acceptors (Lipinski definition) is 4. The third-order valence-electron chi connectivity index (χ3n) is 6.82. The fourth-order valence-electron chi connectivity index (χ4n) is 5.22. The maximum atomic E-state index is 13.2. The molecular formula is C23H29N5O2. The first-order valence-electron chi connectivity index (χ1n) is 10.8. The summed E-state index contributed by atoms with van der Waals surface area (Å²) >= 11 is 0. The third kappa shape index (κ3) is 3.47. The smallest absolute Gasteiger partial charge is 0.255 e. The van der Waals surface area contributed by atoms with Crippen molar-refractivity contribution in [3.05, 3.63) is 47.9 Å². The zero-order valence-corrected chi connectivity index (χ0v) is 17.4. The van der Waals surface area contributed by atoms with E-state index in [0.717, 1.165) is 66.6 Å². The Kier molecular flexibility index (Phi) is 4.77. The van der Waals surface area contributed by atoms with Crippen LogP contribution in [0.3, 0.4) is 0 Å². The van der Waals surface area contributed by atoms with Crippen molar-refractivity contribution in [3.63, 3.8) is 0 Å². The number of aliphatic hydroxyl groups excluding tert-OH is 1. The van der Waals surface area contributed by atoms with Crippen LogP contribution in [0.5, 0.6) is 0 Å². The second-order valence-corrected chi connectivity index (χ2v) is 8.98. The number of aliphatic hydroxyl groups is 1. The molecule has 1 aromatic carbocycles. The highest BCUT2D eigenvalue weighted by Gasteiger charge is 2.46. The molecule has 1 aliphatic heterocycles. The Bertz CT molecular complexity index is 1050. The molecule has 7 nitrogen and oxygen atoms in total. The van der Waals surface area contributed by atoms with E-state index in [1.807, 2.05) is 36.4 Å². The minimum absolute atomic E-state index is 0.0981. The highest BCUT2D eigenvalue weighted by Crippen LogP contribution is 2.50. The van der Waals surface area contributed by atoms with Crippen molar-refractivity contribution in [3.8, 4) is 0 Å². The van der Waals surface area contributed by atoms with Gasteiger partial charge in [0.05, 0.1) is 36.1 Å². The molecule has 1 saturated heterocycles. The van der Waals surface area contributed by atoms with Crippen LogP contribution in [0.1, 0.15) is 41.7 Å². The van der Waals surface area contributed by atoms with Gasteiger partial charge in [0.2, 0.25) is 0 Å². The van der Waals surface area contributed by atoms with Crippen molar-refractivity contribution in [2.75, 3.05) is 25.0 Å². The summed E-state index contributed by atoms with van der Waals surface area (Å²) in [5, 5.41) is 17.9. The van der Waals surface area contributed by atoms with Gasteiger partial charge in [0.15, 0.2) is 0 Å². The third-order valence-corrected chi connectivity index (χ3v) is 6.82. The maximum absolute atomic E-state index is 13.2. The lowest BCUT2D eigenvalue weighted by atomic mass is 9.60. The van der Waals surface area contributed by atoms with E-state index in [9.17, 15) is 4.79 Å². The number of likely N-dealkylation sites (tertiary alicyclic amines) is 1. The Morgan fingerprint density at radius 1 is 1.33 bits per heavy atom. The lowest BCUT2D eigenvalue weighted by Gasteiger charge is -2.52. The van der Waals surface area contributed by atoms with Crippen molar-refractivity contribution in [1.29, 1.82) is 0 Å².